The molecule has 0 saturated carbocycles. The van der Waals surface area contributed by atoms with Gasteiger partial charge in [-0.25, -0.2) is 4.99 Å². The van der Waals surface area contributed by atoms with Gasteiger partial charge in [0.1, 0.15) is 6.54 Å². The molecular weight excluding hydrogens is 284 g/mol. The molecule has 0 aromatic heterocycles. The highest BCUT2D eigenvalue weighted by molar-refractivity contribution is 8.00. The first kappa shape index (κ1) is 18.1. The average Bonchev–Trinajstić information content (AvgIpc) is 2.50. The number of hydrogen-bond acceptors (Lipinski definition) is 3. The molecule has 1 amide bonds. The van der Waals surface area contributed by atoms with E-state index in [-0.39, 0.29) is 12.5 Å². The van der Waals surface area contributed by atoms with Crippen molar-refractivity contribution in [1.29, 1.82) is 0 Å². The van der Waals surface area contributed by atoms with Crippen LogP contribution in [0.2, 0.25) is 0 Å². The fourth-order valence-corrected chi connectivity index (χ4v) is 3.27. The molecular formula is C15H30N4OS. The molecule has 6 heteroatoms. The highest BCUT2D eigenvalue weighted by atomic mass is 32.2. The Morgan fingerprint density at radius 2 is 2.19 bits per heavy atom. The van der Waals surface area contributed by atoms with E-state index in [0.717, 1.165) is 44.2 Å². The molecule has 0 aromatic carbocycles. The van der Waals surface area contributed by atoms with Crippen LogP contribution < -0.4 is 5.32 Å². The summed E-state index contributed by atoms with van der Waals surface area (Å²) < 4.78 is 0. The van der Waals surface area contributed by atoms with Gasteiger partial charge in [-0.3, -0.25) is 4.79 Å². The first-order chi connectivity index (χ1) is 10.1. The Labute approximate surface area is 133 Å². The van der Waals surface area contributed by atoms with Gasteiger partial charge in [0.15, 0.2) is 5.96 Å². The predicted octanol–water partition coefficient (Wildman–Crippen LogP) is 1.65. The van der Waals surface area contributed by atoms with Crippen LogP contribution in [-0.2, 0) is 4.79 Å². The lowest BCUT2D eigenvalue weighted by atomic mass is 10.3. The highest BCUT2D eigenvalue weighted by Gasteiger charge is 2.21. The molecule has 0 spiro atoms. The second-order valence-electron chi connectivity index (χ2n) is 5.56. The number of nitrogens with zero attached hydrogens (tertiary/aromatic N) is 3. The summed E-state index contributed by atoms with van der Waals surface area (Å²) in [5, 5.41) is 4.09. The zero-order valence-electron chi connectivity index (χ0n) is 13.9. The maximum Gasteiger partial charge on any atom is 0.243 e. The van der Waals surface area contributed by atoms with E-state index in [1.54, 1.807) is 19.0 Å². The summed E-state index contributed by atoms with van der Waals surface area (Å²) in [7, 11) is 3.54. The van der Waals surface area contributed by atoms with Crippen LogP contribution in [0.15, 0.2) is 4.99 Å². The van der Waals surface area contributed by atoms with Crippen molar-refractivity contribution < 1.29 is 4.79 Å². The van der Waals surface area contributed by atoms with Crippen LogP contribution in [0.4, 0.5) is 0 Å². The number of likely N-dealkylation sites (N-methyl/N-ethyl adjacent to an activating group) is 1. The Morgan fingerprint density at radius 3 is 2.81 bits per heavy atom. The van der Waals surface area contributed by atoms with Crippen LogP contribution >= 0.6 is 11.8 Å². The third-order valence-electron chi connectivity index (χ3n) is 3.57. The number of thioether (sulfide) groups is 1. The third-order valence-corrected chi connectivity index (χ3v) is 4.94. The topological polar surface area (TPSA) is 47.9 Å². The average molecular weight is 314 g/mol. The molecule has 0 aromatic rings. The maximum atomic E-state index is 11.7. The van der Waals surface area contributed by atoms with Crippen LogP contribution in [0.5, 0.6) is 0 Å². The Bertz CT molecular complexity index is 347. The fourth-order valence-electron chi connectivity index (χ4n) is 2.09. The van der Waals surface area contributed by atoms with E-state index in [4.69, 9.17) is 0 Å². The lowest BCUT2D eigenvalue weighted by molar-refractivity contribution is -0.127. The number of nitrogens with one attached hydrogen (secondary N) is 1. The van der Waals surface area contributed by atoms with Gasteiger partial charge in [-0.1, -0.05) is 20.3 Å². The second-order valence-corrected chi connectivity index (χ2v) is 6.96. The normalized spacial score (nSPS) is 19.5. The number of aliphatic imine (C=N–C) groups is 1. The Hall–Kier alpha value is -0.910. The Morgan fingerprint density at radius 1 is 1.43 bits per heavy atom. The van der Waals surface area contributed by atoms with Crippen LogP contribution in [0.25, 0.3) is 0 Å². The second kappa shape index (κ2) is 9.92. The first-order valence-electron chi connectivity index (χ1n) is 7.93. The molecule has 1 heterocycles. The molecule has 0 aliphatic carbocycles. The van der Waals surface area contributed by atoms with Crippen molar-refractivity contribution in [3.63, 3.8) is 0 Å². The van der Waals surface area contributed by atoms with Crippen molar-refractivity contribution in [2.24, 2.45) is 4.99 Å². The molecule has 122 valence electrons. The maximum absolute atomic E-state index is 11.7. The van der Waals surface area contributed by atoms with E-state index in [0.29, 0.717) is 5.25 Å². The summed E-state index contributed by atoms with van der Waals surface area (Å²) in [6.45, 7) is 7.59. The molecule has 1 saturated heterocycles. The lowest BCUT2D eigenvalue weighted by Gasteiger charge is -2.34. The van der Waals surface area contributed by atoms with Gasteiger partial charge < -0.3 is 15.1 Å². The summed E-state index contributed by atoms with van der Waals surface area (Å²) >= 11 is 2.04. The molecule has 0 radical (unpaired) electrons. The molecule has 1 atom stereocenters. The van der Waals surface area contributed by atoms with E-state index in [2.05, 4.69) is 29.1 Å². The third kappa shape index (κ3) is 6.59. The zero-order valence-corrected chi connectivity index (χ0v) is 14.7. The van der Waals surface area contributed by atoms with Crippen molar-refractivity contribution in [1.82, 2.24) is 15.1 Å². The molecule has 5 nitrogen and oxygen atoms in total. The fraction of sp³-hybridized carbons (Fsp3) is 0.867. The molecule has 1 unspecified atom stereocenters. The summed E-state index contributed by atoms with van der Waals surface area (Å²) in [5.74, 6) is 2.08. The molecule has 1 N–H and O–H groups in total. The largest absolute Gasteiger partial charge is 0.356 e. The van der Waals surface area contributed by atoms with Gasteiger partial charge in [0.05, 0.1) is 0 Å². The number of carbonyl (C=O) groups is 1. The Kier molecular flexibility index (Phi) is 8.57. The first-order valence-corrected chi connectivity index (χ1v) is 8.98. The number of carbonyl (C=O) groups excluding carboxylic acids is 1. The molecule has 1 aliphatic rings. The van der Waals surface area contributed by atoms with Crippen LogP contribution in [0.1, 0.15) is 33.1 Å². The monoisotopic (exact) mass is 314 g/mol. The summed E-state index contributed by atoms with van der Waals surface area (Å²) in [5.41, 5.74) is 0. The van der Waals surface area contributed by atoms with Crippen molar-refractivity contribution >= 4 is 23.6 Å². The van der Waals surface area contributed by atoms with Crippen LogP contribution in [0.3, 0.4) is 0 Å². The van der Waals surface area contributed by atoms with E-state index in [9.17, 15) is 4.79 Å². The minimum absolute atomic E-state index is 0.0446. The van der Waals surface area contributed by atoms with Gasteiger partial charge >= 0.3 is 0 Å². The van der Waals surface area contributed by atoms with E-state index in [1.807, 2.05) is 11.8 Å². The standard InChI is InChI=1S/C15H30N4OS/c1-5-7-8-16-15(17-11-14(20)18(3)4)19-9-10-21-13(6-2)12-19/h13H,5-12H2,1-4H3,(H,16,17). The predicted molar refractivity (Wildman–Crippen MR) is 92.0 cm³/mol. The molecule has 1 rings (SSSR count). The lowest BCUT2D eigenvalue weighted by Crippen LogP contribution is -2.48. The number of unbranched alkanes of at least 4 members (excludes halogenated alkanes) is 1. The number of guanidine groups is 1. The molecule has 0 bridgehead atoms. The number of hydrogen-bond donors (Lipinski definition) is 1. The van der Waals surface area contributed by atoms with Gasteiger partial charge in [0, 0.05) is 44.7 Å². The van der Waals surface area contributed by atoms with E-state index < -0.39 is 0 Å². The van der Waals surface area contributed by atoms with E-state index in [1.165, 1.54) is 6.42 Å². The molecule has 21 heavy (non-hydrogen) atoms. The van der Waals surface area contributed by atoms with Crippen LogP contribution in [-0.4, -0.2) is 72.9 Å². The Balaban J connectivity index is 2.66. The van der Waals surface area contributed by atoms with Crippen molar-refractivity contribution in [3.05, 3.63) is 0 Å². The smallest absolute Gasteiger partial charge is 0.243 e. The van der Waals surface area contributed by atoms with Crippen molar-refractivity contribution in [3.8, 4) is 0 Å². The molecule has 1 fully saturated rings. The van der Waals surface area contributed by atoms with Gasteiger partial charge in [0.2, 0.25) is 5.91 Å². The van der Waals surface area contributed by atoms with Gasteiger partial charge in [0.25, 0.3) is 0 Å². The summed E-state index contributed by atoms with van der Waals surface area (Å²) in [6, 6.07) is 0. The van der Waals surface area contributed by atoms with Crippen molar-refractivity contribution in [2.75, 3.05) is 46.0 Å². The van der Waals surface area contributed by atoms with Gasteiger partial charge in [-0.2, -0.15) is 11.8 Å². The van der Waals surface area contributed by atoms with Crippen LogP contribution in [0, 0.1) is 0 Å². The zero-order chi connectivity index (χ0) is 15.7. The number of amides is 1. The van der Waals surface area contributed by atoms with Gasteiger partial charge in [-0.05, 0) is 12.8 Å². The number of rotatable bonds is 6. The minimum Gasteiger partial charge on any atom is -0.356 e. The highest BCUT2D eigenvalue weighted by Crippen LogP contribution is 2.21. The molecule has 1 aliphatic heterocycles. The summed E-state index contributed by atoms with van der Waals surface area (Å²) in [6.07, 6.45) is 3.46. The quantitative estimate of drug-likeness (QED) is 0.460. The minimum atomic E-state index is 0.0446. The SMILES string of the molecule is CCCCNC(=NCC(=O)N(C)C)N1CCSC(CC)C1. The van der Waals surface area contributed by atoms with Crippen molar-refractivity contribution in [2.45, 2.75) is 38.4 Å². The summed E-state index contributed by atoms with van der Waals surface area (Å²) in [4.78, 5) is 20.2. The van der Waals surface area contributed by atoms with E-state index >= 15 is 0 Å². The van der Waals surface area contributed by atoms with Gasteiger partial charge in [-0.15, -0.1) is 0 Å².